The molecule has 0 spiro atoms. The highest BCUT2D eigenvalue weighted by molar-refractivity contribution is 5.78. The second-order valence-corrected chi connectivity index (χ2v) is 5.47. The molecule has 0 aromatic rings. The van der Waals surface area contributed by atoms with E-state index in [2.05, 4.69) is 12.2 Å². The van der Waals surface area contributed by atoms with Crippen LogP contribution in [0.1, 0.15) is 25.7 Å². The molecule has 5 heteroatoms. The number of piperazine rings is 1. The van der Waals surface area contributed by atoms with Crippen LogP contribution in [0.3, 0.4) is 0 Å². The van der Waals surface area contributed by atoms with Gasteiger partial charge >= 0.3 is 0 Å². The zero-order chi connectivity index (χ0) is 14.4. The molecule has 0 radical (unpaired) electrons. The number of nitrogens with zero attached hydrogens (tertiary/aromatic N) is 2. The molecule has 0 aromatic heterocycles. The van der Waals surface area contributed by atoms with E-state index in [9.17, 15) is 9.59 Å². The molecule has 0 bridgehead atoms. The molecule has 112 valence electrons. The van der Waals surface area contributed by atoms with E-state index in [0.29, 0.717) is 51.5 Å². The second kappa shape index (κ2) is 7.43. The van der Waals surface area contributed by atoms with Gasteiger partial charge < -0.3 is 14.5 Å². The van der Waals surface area contributed by atoms with E-state index in [1.165, 1.54) is 0 Å². The van der Waals surface area contributed by atoms with Crippen molar-refractivity contribution in [2.45, 2.75) is 25.7 Å². The van der Waals surface area contributed by atoms with Gasteiger partial charge in [0, 0.05) is 39.7 Å². The molecule has 1 fully saturated rings. The van der Waals surface area contributed by atoms with Crippen molar-refractivity contribution in [2.24, 2.45) is 5.92 Å². The first kappa shape index (κ1) is 15.0. The Labute approximate surface area is 120 Å². The lowest BCUT2D eigenvalue weighted by atomic mass is 10.0. The van der Waals surface area contributed by atoms with Crippen LogP contribution < -0.4 is 0 Å². The summed E-state index contributed by atoms with van der Waals surface area (Å²) in [5.74, 6) is 0.770. The van der Waals surface area contributed by atoms with Gasteiger partial charge in [0.1, 0.15) is 0 Å². The van der Waals surface area contributed by atoms with Crippen LogP contribution in [0.4, 0.5) is 0 Å². The van der Waals surface area contributed by atoms with Crippen molar-refractivity contribution < 1.29 is 14.3 Å². The van der Waals surface area contributed by atoms with Crippen molar-refractivity contribution in [3.05, 3.63) is 12.2 Å². The smallest absolute Gasteiger partial charge is 0.225 e. The van der Waals surface area contributed by atoms with Gasteiger partial charge in [-0.15, -0.1) is 0 Å². The molecule has 1 atom stereocenters. The van der Waals surface area contributed by atoms with Crippen LogP contribution in [0.5, 0.6) is 0 Å². The van der Waals surface area contributed by atoms with Crippen molar-refractivity contribution >= 4 is 11.8 Å². The van der Waals surface area contributed by atoms with E-state index < -0.39 is 0 Å². The minimum Gasteiger partial charge on any atom is -0.384 e. The monoisotopic (exact) mass is 280 g/mol. The highest BCUT2D eigenvalue weighted by atomic mass is 16.5. The molecule has 1 saturated heterocycles. The van der Waals surface area contributed by atoms with Crippen molar-refractivity contribution in [3.8, 4) is 0 Å². The molecule has 1 heterocycles. The Morgan fingerprint density at radius 2 is 1.80 bits per heavy atom. The molecular weight excluding hydrogens is 256 g/mol. The van der Waals surface area contributed by atoms with Gasteiger partial charge in [0.15, 0.2) is 0 Å². The largest absolute Gasteiger partial charge is 0.384 e. The maximum absolute atomic E-state index is 12.2. The molecule has 2 aliphatic rings. The van der Waals surface area contributed by atoms with Crippen molar-refractivity contribution in [1.29, 1.82) is 0 Å². The molecule has 0 aromatic carbocycles. The molecule has 2 amide bonds. The van der Waals surface area contributed by atoms with Gasteiger partial charge in [-0.05, 0) is 18.8 Å². The van der Waals surface area contributed by atoms with Gasteiger partial charge in [-0.2, -0.15) is 0 Å². The fraction of sp³-hybridized carbons (Fsp3) is 0.733. The number of ether oxygens (including phenoxy) is 1. The maximum atomic E-state index is 12.2. The van der Waals surface area contributed by atoms with Crippen LogP contribution in [-0.4, -0.2) is 61.5 Å². The van der Waals surface area contributed by atoms with Crippen LogP contribution in [-0.2, 0) is 14.3 Å². The minimum atomic E-state index is 0.123. The van der Waals surface area contributed by atoms with E-state index in [1.807, 2.05) is 9.80 Å². The highest BCUT2D eigenvalue weighted by Crippen LogP contribution is 2.21. The summed E-state index contributed by atoms with van der Waals surface area (Å²) in [5, 5.41) is 0. The van der Waals surface area contributed by atoms with Crippen molar-refractivity contribution in [3.63, 3.8) is 0 Å². The fourth-order valence-corrected chi connectivity index (χ4v) is 2.77. The number of carbonyl (C=O) groups excluding carboxylic acids is 2. The molecule has 0 N–H and O–H groups in total. The average molecular weight is 280 g/mol. The van der Waals surface area contributed by atoms with E-state index >= 15 is 0 Å². The van der Waals surface area contributed by atoms with Crippen LogP contribution >= 0.6 is 0 Å². The SMILES string of the molecule is COCCC(=O)N1CCN(C(=O)CC2C=CCC2)CC1. The summed E-state index contributed by atoms with van der Waals surface area (Å²) in [5.41, 5.74) is 0. The zero-order valence-corrected chi connectivity index (χ0v) is 12.2. The third kappa shape index (κ3) is 4.07. The number of methoxy groups -OCH3 is 1. The van der Waals surface area contributed by atoms with Crippen LogP contribution in [0.15, 0.2) is 12.2 Å². The Hall–Kier alpha value is -1.36. The predicted octanol–water partition coefficient (Wildman–Crippen LogP) is 1.05. The lowest BCUT2D eigenvalue weighted by molar-refractivity contribution is -0.140. The lowest BCUT2D eigenvalue weighted by Gasteiger charge is -2.35. The third-order valence-electron chi connectivity index (χ3n) is 4.05. The summed E-state index contributed by atoms with van der Waals surface area (Å²) in [6.07, 6.45) is 7.55. The lowest BCUT2D eigenvalue weighted by Crippen LogP contribution is -2.50. The van der Waals surface area contributed by atoms with Gasteiger partial charge in [0.05, 0.1) is 13.0 Å². The van der Waals surface area contributed by atoms with Crippen LogP contribution in [0.25, 0.3) is 0 Å². The molecular formula is C15H24N2O3. The molecule has 0 saturated carbocycles. The molecule has 1 unspecified atom stereocenters. The van der Waals surface area contributed by atoms with E-state index in [-0.39, 0.29) is 11.8 Å². The summed E-state index contributed by atoms with van der Waals surface area (Å²) in [7, 11) is 1.60. The number of amides is 2. The summed E-state index contributed by atoms with van der Waals surface area (Å²) in [4.78, 5) is 27.7. The number of rotatable bonds is 5. The zero-order valence-electron chi connectivity index (χ0n) is 12.2. The van der Waals surface area contributed by atoms with Gasteiger partial charge in [-0.25, -0.2) is 0 Å². The Bertz CT molecular complexity index is 373. The Kier molecular flexibility index (Phi) is 5.59. The quantitative estimate of drug-likeness (QED) is 0.707. The summed E-state index contributed by atoms with van der Waals surface area (Å²) >= 11 is 0. The average Bonchev–Trinajstić information content (AvgIpc) is 2.97. The predicted molar refractivity (Wildman–Crippen MR) is 76.1 cm³/mol. The van der Waals surface area contributed by atoms with Crippen molar-refractivity contribution in [1.82, 2.24) is 9.80 Å². The molecule has 20 heavy (non-hydrogen) atoms. The first-order valence-electron chi connectivity index (χ1n) is 7.42. The number of carbonyl (C=O) groups is 2. The Morgan fingerprint density at radius 1 is 1.15 bits per heavy atom. The minimum absolute atomic E-state index is 0.123. The number of hydrogen-bond acceptors (Lipinski definition) is 3. The number of hydrogen-bond donors (Lipinski definition) is 0. The molecule has 2 rings (SSSR count). The summed E-state index contributed by atoms with van der Waals surface area (Å²) in [6.45, 7) is 3.08. The Balaban J connectivity index is 1.71. The summed E-state index contributed by atoms with van der Waals surface area (Å²) < 4.78 is 4.92. The molecule has 5 nitrogen and oxygen atoms in total. The highest BCUT2D eigenvalue weighted by Gasteiger charge is 2.25. The van der Waals surface area contributed by atoms with E-state index in [1.54, 1.807) is 7.11 Å². The van der Waals surface area contributed by atoms with Crippen LogP contribution in [0, 0.1) is 5.92 Å². The third-order valence-corrected chi connectivity index (χ3v) is 4.05. The van der Waals surface area contributed by atoms with Gasteiger partial charge in [0.2, 0.25) is 11.8 Å². The first-order valence-corrected chi connectivity index (χ1v) is 7.42. The van der Waals surface area contributed by atoms with E-state index in [4.69, 9.17) is 4.74 Å². The van der Waals surface area contributed by atoms with Gasteiger partial charge in [-0.3, -0.25) is 9.59 Å². The second-order valence-electron chi connectivity index (χ2n) is 5.47. The van der Waals surface area contributed by atoms with E-state index in [0.717, 1.165) is 12.8 Å². The molecule has 1 aliphatic heterocycles. The Morgan fingerprint density at radius 3 is 2.35 bits per heavy atom. The topological polar surface area (TPSA) is 49.9 Å². The first-order chi connectivity index (χ1) is 9.70. The normalized spacial score (nSPS) is 22.4. The molecule has 1 aliphatic carbocycles. The van der Waals surface area contributed by atoms with Gasteiger partial charge in [0.25, 0.3) is 0 Å². The summed E-state index contributed by atoms with van der Waals surface area (Å²) in [6, 6.07) is 0. The fourth-order valence-electron chi connectivity index (χ4n) is 2.77. The van der Waals surface area contributed by atoms with Crippen molar-refractivity contribution in [2.75, 3.05) is 39.9 Å². The van der Waals surface area contributed by atoms with Gasteiger partial charge in [-0.1, -0.05) is 12.2 Å². The maximum Gasteiger partial charge on any atom is 0.225 e. The van der Waals surface area contributed by atoms with Crippen LogP contribution in [0.2, 0.25) is 0 Å². The standard InChI is InChI=1S/C15H24N2O3/c1-20-11-6-14(18)16-7-9-17(10-8-16)15(19)12-13-4-2-3-5-13/h2,4,13H,3,5-12H2,1H3. The number of allylic oxidation sites excluding steroid dienone is 2.